The first kappa shape index (κ1) is 16.4. The van der Waals surface area contributed by atoms with Gasteiger partial charge in [0.2, 0.25) is 11.5 Å². The maximum atomic E-state index is 12.1. The molecule has 1 fully saturated rings. The summed E-state index contributed by atoms with van der Waals surface area (Å²) in [5.74, 6) is -1.29. The third-order valence-corrected chi connectivity index (χ3v) is 3.79. The number of carboxylic acids is 1. The Morgan fingerprint density at radius 3 is 2.64 bits per heavy atom. The van der Waals surface area contributed by atoms with E-state index in [9.17, 15) is 14.7 Å². The highest BCUT2D eigenvalue weighted by Gasteiger charge is 2.46. The Balaban J connectivity index is 1.79. The van der Waals surface area contributed by atoms with Gasteiger partial charge in [0.05, 0.1) is 5.56 Å². The number of carboxylic acid groups (broad SMARTS) is 1. The van der Waals surface area contributed by atoms with Gasteiger partial charge in [-0.05, 0) is 30.3 Å². The second-order valence-electron chi connectivity index (χ2n) is 5.42. The summed E-state index contributed by atoms with van der Waals surface area (Å²) in [4.78, 5) is 32.5. The van der Waals surface area contributed by atoms with Crippen molar-refractivity contribution < 1.29 is 19.8 Å². The van der Waals surface area contributed by atoms with Gasteiger partial charge < -0.3 is 15.5 Å². The molecule has 0 spiro atoms. The minimum Gasteiger partial charge on any atom is -0.478 e. The van der Waals surface area contributed by atoms with Gasteiger partial charge in [0, 0.05) is 24.8 Å². The van der Waals surface area contributed by atoms with Gasteiger partial charge in [-0.15, -0.1) is 0 Å². The van der Waals surface area contributed by atoms with Crippen LogP contribution in [0, 0.1) is 11.3 Å². The summed E-state index contributed by atoms with van der Waals surface area (Å²) in [5, 5.41) is 30.6. The summed E-state index contributed by atoms with van der Waals surface area (Å²) in [5.41, 5.74) is -1.30. The molecule has 1 aliphatic heterocycles. The molecule has 3 rings (SSSR count). The smallest absolute Gasteiger partial charge is 0.335 e. The number of aromatic nitrogens is 2. The Morgan fingerprint density at radius 1 is 1.32 bits per heavy atom. The molecule has 3 N–H and O–H groups in total. The van der Waals surface area contributed by atoms with Crippen molar-refractivity contribution in [1.82, 2.24) is 9.97 Å². The number of hydrogen-bond acceptors (Lipinski definition) is 7. The molecule has 126 valence electrons. The van der Waals surface area contributed by atoms with Crippen LogP contribution in [0.4, 0.5) is 17.5 Å². The molecule has 9 heteroatoms. The number of anilines is 3. The fourth-order valence-corrected chi connectivity index (χ4v) is 2.41. The average Bonchev–Trinajstić information content (AvgIpc) is 2.91. The maximum Gasteiger partial charge on any atom is 0.335 e. The lowest BCUT2D eigenvalue weighted by atomic mass is 10.1. The lowest BCUT2D eigenvalue weighted by Crippen LogP contribution is -2.39. The lowest BCUT2D eigenvalue weighted by Gasteiger charge is -2.17. The Labute approximate surface area is 142 Å². The molecule has 2 heterocycles. The summed E-state index contributed by atoms with van der Waals surface area (Å²) in [6.07, 6.45) is 1.44. The predicted octanol–water partition coefficient (Wildman–Crippen LogP) is 0.910. The van der Waals surface area contributed by atoms with E-state index in [0.29, 0.717) is 5.69 Å². The molecule has 1 aromatic heterocycles. The van der Waals surface area contributed by atoms with Gasteiger partial charge in [0.25, 0.3) is 5.91 Å². The number of nitriles is 1. The summed E-state index contributed by atoms with van der Waals surface area (Å²) in [6, 6.07) is 9.12. The van der Waals surface area contributed by atoms with Crippen LogP contribution in [0.15, 0.2) is 36.5 Å². The minimum absolute atomic E-state index is 0.00570. The first-order chi connectivity index (χ1) is 11.9. The molecule has 1 saturated heterocycles. The van der Waals surface area contributed by atoms with Crippen LogP contribution in [0.5, 0.6) is 0 Å². The van der Waals surface area contributed by atoms with Crippen molar-refractivity contribution in [2.45, 2.75) is 12.0 Å². The normalized spacial score (nSPS) is 19.5. The number of nitrogens with one attached hydrogen (secondary N) is 1. The third kappa shape index (κ3) is 3.11. The SMILES string of the molecule is N#C[C@@]1(O)CCN(c2ccnc(Nc3ccc(C(=O)O)cc3)n2)C1=O. The van der Waals surface area contributed by atoms with Crippen molar-refractivity contribution >= 4 is 29.3 Å². The molecule has 25 heavy (non-hydrogen) atoms. The fourth-order valence-electron chi connectivity index (χ4n) is 2.41. The number of amides is 1. The lowest BCUT2D eigenvalue weighted by molar-refractivity contribution is -0.128. The number of benzene rings is 1. The topological polar surface area (TPSA) is 139 Å². The second kappa shape index (κ2) is 6.18. The minimum atomic E-state index is -2.02. The van der Waals surface area contributed by atoms with Gasteiger partial charge in [-0.2, -0.15) is 10.2 Å². The Morgan fingerprint density at radius 2 is 2.04 bits per heavy atom. The summed E-state index contributed by atoms with van der Waals surface area (Å²) in [6.45, 7) is 0.173. The van der Waals surface area contributed by atoms with Gasteiger partial charge >= 0.3 is 5.97 Å². The van der Waals surface area contributed by atoms with Crippen molar-refractivity contribution in [3.63, 3.8) is 0 Å². The first-order valence-electron chi connectivity index (χ1n) is 7.32. The van der Waals surface area contributed by atoms with Crippen molar-refractivity contribution in [1.29, 1.82) is 5.26 Å². The van der Waals surface area contributed by atoms with E-state index in [1.165, 1.54) is 29.3 Å². The standard InChI is InChI=1S/C16H13N5O4/c17-9-16(25)6-8-21(14(16)24)12-5-7-18-15(20-12)19-11-3-1-10(2-4-11)13(22)23/h1-5,7,25H,6,8H2,(H,22,23)(H,18,19,20)/t16-/m0/s1. The van der Waals surface area contributed by atoms with E-state index in [1.807, 2.05) is 0 Å². The number of rotatable bonds is 4. The van der Waals surface area contributed by atoms with Crippen molar-refractivity contribution in [2.75, 3.05) is 16.8 Å². The van der Waals surface area contributed by atoms with Crippen LogP contribution >= 0.6 is 0 Å². The average molecular weight is 339 g/mol. The summed E-state index contributed by atoms with van der Waals surface area (Å²) in [7, 11) is 0. The molecule has 0 radical (unpaired) electrons. The summed E-state index contributed by atoms with van der Waals surface area (Å²) < 4.78 is 0. The van der Waals surface area contributed by atoms with Gasteiger partial charge in [0.15, 0.2) is 0 Å². The quantitative estimate of drug-likeness (QED) is 0.698. The molecule has 1 aromatic carbocycles. The van der Waals surface area contributed by atoms with Gasteiger partial charge in [0.1, 0.15) is 11.9 Å². The predicted molar refractivity (Wildman–Crippen MR) is 86.2 cm³/mol. The molecule has 0 saturated carbocycles. The van der Waals surface area contributed by atoms with Crippen LogP contribution in [0.25, 0.3) is 0 Å². The Kier molecular flexibility index (Phi) is 4.04. The van der Waals surface area contributed by atoms with Crippen LogP contribution in [-0.2, 0) is 4.79 Å². The zero-order valence-corrected chi connectivity index (χ0v) is 12.9. The highest BCUT2D eigenvalue weighted by Crippen LogP contribution is 2.27. The van der Waals surface area contributed by atoms with Crippen LogP contribution in [0.1, 0.15) is 16.8 Å². The molecule has 1 atom stereocenters. The number of nitrogens with zero attached hydrogens (tertiary/aromatic N) is 4. The Hall–Kier alpha value is -3.51. The number of carbonyl (C=O) groups is 2. The maximum absolute atomic E-state index is 12.1. The van der Waals surface area contributed by atoms with Crippen molar-refractivity contribution in [3.05, 3.63) is 42.1 Å². The van der Waals surface area contributed by atoms with E-state index in [-0.39, 0.29) is 30.3 Å². The van der Waals surface area contributed by atoms with E-state index in [1.54, 1.807) is 18.2 Å². The van der Waals surface area contributed by atoms with Crippen LogP contribution < -0.4 is 10.2 Å². The number of aromatic carboxylic acids is 1. The van der Waals surface area contributed by atoms with Crippen LogP contribution in [0.3, 0.4) is 0 Å². The van der Waals surface area contributed by atoms with E-state index in [4.69, 9.17) is 10.4 Å². The van der Waals surface area contributed by atoms with E-state index >= 15 is 0 Å². The van der Waals surface area contributed by atoms with Crippen LogP contribution in [0.2, 0.25) is 0 Å². The fraction of sp³-hybridized carbons (Fsp3) is 0.188. The number of aliphatic hydroxyl groups is 1. The van der Waals surface area contributed by atoms with Crippen LogP contribution in [-0.4, -0.2) is 44.2 Å². The second-order valence-corrected chi connectivity index (χ2v) is 5.42. The highest BCUT2D eigenvalue weighted by molar-refractivity contribution is 6.03. The Bertz CT molecular complexity index is 877. The molecule has 0 unspecified atom stereocenters. The molecule has 1 aliphatic rings. The van der Waals surface area contributed by atoms with E-state index < -0.39 is 17.5 Å². The molecule has 0 aliphatic carbocycles. The molecular formula is C16H13N5O4. The van der Waals surface area contributed by atoms with E-state index in [2.05, 4.69) is 15.3 Å². The van der Waals surface area contributed by atoms with Gasteiger partial charge in [-0.1, -0.05) is 0 Å². The molecule has 0 bridgehead atoms. The van der Waals surface area contributed by atoms with E-state index in [0.717, 1.165) is 0 Å². The highest BCUT2D eigenvalue weighted by atomic mass is 16.4. The third-order valence-electron chi connectivity index (χ3n) is 3.79. The number of carbonyl (C=O) groups excluding carboxylic acids is 1. The van der Waals surface area contributed by atoms with Gasteiger partial charge in [-0.25, -0.2) is 9.78 Å². The molecular weight excluding hydrogens is 326 g/mol. The van der Waals surface area contributed by atoms with Crippen molar-refractivity contribution in [2.24, 2.45) is 0 Å². The first-order valence-corrected chi connectivity index (χ1v) is 7.32. The molecule has 2 aromatic rings. The monoisotopic (exact) mass is 339 g/mol. The number of hydrogen-bond donors (Lipinski definition) is 3. The summed E-state index contributed by atoms with van der Waals surface area (Å²) >= 11 is 0. The molecule has 9 nitrogen and oxygen atoms in total. The zero-order valence-electron chi connectivity index (χ0n) is 12.9. The molecule has 1 amide bonds. The van der Waals surface area contributed by atoms with Gasteiger partial charge in [-0.3, -0.25) is 9.69 Å². The largest absolute Gasteiger partial charge is 0.478 e. The zero-order chi connectivity index (χ0) is 18.0. The van der Waals surface area contributed by atoms with Crippen molar-refractivity contribution in [3.8, 4) is 6.07 Å².